The van der Waals surface area contributed by atoms with Crippen molar-refractivity contribution in [3.05, 3.63) is 83.0 Å². The summed E-state index contributed by atoms with van der Waals surface area (Å²) in [4.78, 5) is 26.8. The number of aryl methyl sites for hydroxylation is 1. The van der Waals surface area contributed by atoms with E-state index in [0.717, 1.165) is 53.7 Å². The van der Waals surface area contributed by atoms with Crippen molar-refractivity contribution in [2.75, 3.05) is 32.1 Å². The highest BCUT2D eigenvalue weighted by Gasteiger charge is 2.22. The van der Waals surface area contributed by atoms with E-state index < -0.39 is 0 Å². The van der Waals surface area contributed by atoms with Crippen molar-refractivity contribution in [2.45, 2.75) is 43.3 Å². The first-order valence-electron chi connectivity index (χ1n) is 11.8. The quantitative estimate of drug-likeness (QED) is 0.381. The standard InChI is InChI=1S/C27H33N5OS/c1-20-16-25(32(3)24-12-14-31(2)15-13-24)30-27(29-20)34-19-22-10-7-11-23(17-22)26(33)28-18-21-8-5-4-6-9-21/h4-11,16-17,24H,12-15,18-19H2,1-3H3,(H,28,33). The molecule has 178 valence electrons. The molecule has 1 saturated heterocycles. The molecule has 0 aliphatic carbocycles. The van der Waals surface area contributed by atoms with Gasteiger partial charge in [0.25, 0.3) is 5.91 Å². The number of benzene rings is 2. The van der Waals surface area contributed by atoms with Crippen LogP contribution in [0.3, 0.4) is 0 Å². The molecule has 0 spiro atoms. The van der Waals surface area contributed by atoms with Gasteiger partial charge in [-0.3, -0.25) is 4.79 Å². The van der Waals surface area contributed by atoms with Crippen LogP contribution in [0.4, 0.5) is 5.82 Å². The summed E-state index contributed by atoms with van der Waals surface area (Å²) in [5.41, 5.74) is 3.80. The summed E-state index contributed by atoms with van der Waals surface area (Å²) in [7, 11) is 4.32. The number of amides is 1. The average Bonchev–Trinajstić information content (AvgIpc) is 2.86. The first kappa shape index (κ1) is 24.2. The second-order valence-electron chi connectivity index (χ2n) is 8.95. The van der Waals surface area contributed by atoms with E-state index >= 15 is 0 Å². The van der Waals surface area contributed by atoms with Crippen LogP contribution in [0, 0.1) is 6.92 Å². The maximum Gasteiger partial charge on any atom is 0.251 e. The van der Waals surface area contributed by atoms with Crippen LogP contribution in [-0.2, 0) is 12.3 Å². The van der Waals surface area contributed by atoms with E-state index in [1.807, 2.05) is 61.5 Å². The lowest BCUT2D eigenvalue weighted by molar-refractivity contribution is 0.0951. The van der Waals surface area contributed by atoms with Crippen LogP contribution >= 0.6 is 11.8 Å². The fourth-order valence-electron chi connectivity index (χ4n) is 4.17. The number of thioether (sulfide) groups is 1. The second kappa shape index (κ2) is 11.5. The molecule has 2 heterocycles. The molecule has 2 aromatic carbocycles. The summed E-state index contributed by atoms with van der Waals surface area (Å²) in [6, 6.07) is 20.3. The Morgan fingerprint density at radius 3 is 2.56 bits per heavy atom. The predicted molar refractivity (Wildman–Crippen MR) is 139 cm³/mol. The van der Waals surface area contributed by atoms with E-state index in [9.17, 15) is 4.79 Å². The van der Waals surface area contributed by atoms with Gasteiger partial charge >= 0.3 is 0 Å². The molecular weight excluding hydrogens is 442 g/mol. The molecule has 1 aromatic heterocycles. The van der Waals surface area contributed by atoms with Gasteiger partial charge in [-0.25, -0.2) is 9.97 Å². The molecule has 7 heteroatoms. The molecule has 1 fully saturated rings. The molecule has 1 amide bonds. The number of hydrogen-bond donors (Lipinski definition) is 1. The van der Waals surface area contributed by atoms with Gasteiger partial charge in [0.15, 0.2) is 5.16 Å². The number of anilines is 1. The van der Waals surface area contributed by atoms with Gasteiger partial charge in [-0.05, 0) is 63.2 Å². The third kappa shape index (κ3) is 6.58. The number of carbonyl (C=O) groups is 1. The number of carbonyl (C=O) groups excluding carboxylic acids is 1. The number of aromatic nitrogens is 2. The third-order valence-corrected chi connectivity index (χ3v) is 7.19. The van der Waals surface area contributed by atoms with Crippen LogP contribution in [0.2, 0.25) is 0 Å². The smallest absolute Gasteiger partial charge is 0.251 e. The first-order valence-corrected chi connectivity index (χ1v) is 12.8. The summed E-state index contributed by atoms with van der Waals surface area (Å²) in [6.07, 6.45) is 2.30. The Balaban J connectivity index is 1.37. The molecule has 0 atom stereocenters. The van der Waals surface area contributed by atoms with Gasteiger partial charge in [-0.1, -0.05) is 54.2 Å². The number of piperidine rings is 1. The van der Waals surface area contributed by atoms with Crippen LogP contribution in [-0.4, -0.2) is 54.0 Å². The van der Waals surface area contributed by atoms with Gasteiger partial charge < -0.3 is 15.1 Å². The van der Waals surface area contributed by atoms with Crippen molar-refractivity contribution in [2.24, 2.45) is 0 Å². The number of likely N-dealkylation sites (tertiary alicyclic amines) is 1. The topological polar surface area (TPSA) is 61.4 Å². The Labute approximate surface area is 206 Å². The maximum atomic E-state index is 12.6. The minimum atomic E-state index is -0.0652. The largest absolute Gasteiger partial charge is 0.356 e. The van der Waals surface area contributed by atoms with Gasteiger partial charge in [-0.2, -0.15) is 0 Å². The Hall–Kier alpha value is -2.90. The molecule has 3 aromatic rings. The van der Waals surface area contributed by atoms with Crippen molar-refractivity contribution >= 4 is 23.5 Å². The zero-order valence-electron chi connectivity index (χ0n) is 20.2. The Morgan fingerprint density at radius 1 is 1.06 bits per heavy atom. The van der Waals surface area contributed by atoms with E-state index in [4.69, 9.17) is 4.98 Å². The van der Waals surface area contributed by atoms with Crippen molar-refractivity contribution < 1.29 is 4.79 Å². The summed E-state index contributed by atoms with van der Waals surface area (Å²) >= 11 is 1.61. The minimum Gasteiger partial charge on any atom is -0.356 e. The highest BCUT2D eigenvalue weighted by molar-refractivity contribution is 7.98. The van der Waals surface area contributed by atoms with E-state index in [-0.39, 0.29) is 5.91 Å². The molecule has 0 saturated carbocycles. The molecule has 1 N–H and O–H groups in total. The number of rotatable bonds is 8. The fraction of sp³-hybridized carbons (Fsp3) is 0.370. The molecular formula is C27H33N5OS. The van der Waals surface area contributed by atoms with E-state index in [1.54, 1.807) is 11.8 Å². The van der Waals surface area contributed by atoms with Crippen molar-refractivity contribution in [3.63, 3.8) is 0 Å². The molecule has 1 aliphatic heterocycles. The lowest BCUT2D eigenvalue weighted by Gasteiger charge is -2.35. The minimum absolute atomic E-state index is 0.0652. The van der Waals surface area contributed by atoms with E-state index in [0.29, 0.717) is 23.9 Å². The van der Waals surface area contributed by atoms with Crippen LogP contribution in [0.15, 0.2) is 65.8 Å². The molecule has 0 unspecified atom stereocenters. The van der Waals surface area contributed by atoms with Gasteiger partial charge in [0, 0.05) is 42.7 Å². The molecule has 1 aliphatic rings. The highest BCUT2D eigenvalue weighted by atomic mass is 32.2. The average molecular weight is 476 g/mol. The normalized spacial score (nSPS) is 14.7. The van der Waals surface area contributed by atoms with Gasteiger partial charge in [0.05, 0.1) is 0 Å². The first-order chi connectivity index (χ1) is 16.5. The number of nitrogens with zero attached hydrogens (tertiary/aromatic N) is 4. The van der Waals surface area contributed by atoms with Crippen LogP contribution < -0.4 is 10.2 Å². The second-order valence-corrected chi connectivity index (χ2v) is 9.90. The van der Waals surface area contributed by atoms with E-state index in [1.165, 1.54) is 0 Å². The summed E-state index contributed by atoms with van der Waals surface area (Å²) in [5, 5.41) is 3.77. The van der Waals surface area contributed by atoms with Crippen molar-refractivity contribution in [1.29, 1.82) is 0 Å². The van der Waals surface area contributed by atoms with Crippen LogP contribution in [0.5, 0.6) is 0 Å². The fourth-order valence-corrected chi connectivity index (χ4v) is 5.01. The molecule has 34 heavy (non-hydrogen) atoms. The lowest BCUT2D eigenvalue weighted by atomic mass is 10.0. The lowest BCUT2D eigenvalue weighted by Crippen LogP contribution is -2.42. The molecule has 4 rings (SSSR count). The highest BCUT2D eigenvalue weighted by Crippen LogP contribution is 2.25. The maximum absolute atomic E-state index is 12.6. The monoisotopic (exact) mass is 475 g/mol. The third-order valence-electron chi connectivity index (χ3n) is 6.27. The zero-order valence-corrected chi connectivity index (χ0v) is 21.0. The summed E-state index contributed by atoms with van der Waals surface area (Å²) < 4.78 is 0. The zero-order chi connectivity index (χ0) is 23.9. The van der Waals surface area contributed by atoms with Gasteiger partial charge in [-0.15, -0.1) is 0 Å². The SMILES string of the molecule is Cc1cc(N(C)C2CCN(C)CC2)nc(SCc2cccc(C(=O)NCc3ccccc3)c2)n1. The summed E-state index contributed by atoms with van der Waals surface area (Å²) in [6.45, 7) is 4.78. The number of hydrogen-bond acceptors (Lipinski definition) is 6. The van der Waals surface area contributed by atoms with Crippen LogP contribution in [0.1, 0.15) is 40.0 Å². The van der Waals surface area contributed by atoms with Gasteiger partial charge in [0.2, 0.25) is 0 Å². The summed E-state index contributed by atoms with van der Waals surface area (Å²) in [5.74, 6) is 1.63. The Bertz CT molecular complexity index is 1100. The van der Waals surface area contributed by atoms with Crippen molar-refractivity contribution in [3.8, 4) is 0 Å². The predicted octanol–water partition coefficient (Wildman–Crippen LogP) is 4.54. The molecule has 6 nitrogen and oxygen atoms in total. The van der Waals surface area contributed by atoms with Crippen molar-refractivity contribution in [1.82, 2.24) is 20.2 Å². The molecule has 0 bridgehead atoms. The Morgan fingerprint density at radius 2 is 1.79 bits per heavy atom. The van der Waals surface area contributed by atoms with Crippen LogP contribution in [0.25, 0.3) is 0 Å². The number of nitrogens with one attached hydrogen (secondary N) is 1. The van der Waals surface area contributed by atoms with E-state index in [2.05, 4.69) is 40.3 Å². The van der Waals surface area contributed by atoms with Gasteiger partial charge in [0.1, 0.15) is 5.82 Å². The molecule has 0 radical (unpaired) electrons. The Kier molecular flexibility index (Phi) is 8.19.